The van der Waals surface area contributed by atoms with Crippen molar-refractivity contribution in [3.8, 4) is 6.07 Å². The van der Waals surface area contributed by atoms with Crippen LogP contribution in [-0.4, -0.2) is 27.7 Å². The van der Waals surface area contributed by atoms with E-state index >= 15 is 0 Å². The summed E-state index contributed by atoms with van der Waals surface area (Å²) in [5, 5.41) is 12.8. The highest BCUT2D eigenvalue weighted by Gasteiger charge is 2.20. The Labute approximate surface area is 164 Å². The molecule has 142 valence electrons. The predicted molar refractivity (Wildman–Crippen MR) is 104 cm³/mol. The van der Waals surface area contributed by atoms with Crippen LogP contribution >= 0.6 is 11.6 Å². The Hall–Kier alpha value is -2.11. The highest BCUT2D eigenvalue weighted by molar-refractivity contribution is 7.89. The Morgan fingerprint density at radius 1 is 1.22 bits per heavy atom. The highest BCUT2D eigenvalue weighted by atomic mass is 35.5. The van der Waals surface area contributed by atoms with Crippen LogP contribution < -0.4 is 10.0 Å². The van der Waals surface area contributed by atoms with Gasteiger partial charge >= 0.3 is 0 Å². The van der Waals surface area contributed by atoms with Crippen LogP contribution in [0.2, 0.25) is 5.02 Å². The molecule has 6 nitrogen and oxygen atoms in total. The first kappa shape index (κ1) is 19.6. The molecule has 1 atom stereocenters. The minimum absolute atomic E-state index is 0.0445. The molecule has 0 aliphatic carbocycles. The number of rotatable bonds is 7. The molecular formula is C19H20ClN3O3S. The van der Waals surface area contributed by atoms with E-state index in [0.717, 1.165) is 18.4 Å². The molecule has 2 aromatic rings. The number of benzene rings is 2. The molecule has 27 heavy (non-hydrogen) atoms. The van der Waals surface area contributed by atoms with Crippen LogP contribution in [0.15, 0.2) is 47.4 Å². The maximum atomic E-state index is 12.4. The Morgan fingerprint density at radius 3 is 2.67 bits per heavy atom. The summed E-state index contributed by atoms with van der Waals surface area (Å²) in [6, 6.07) is 13.8. The lowest BCUT2D eigenvalue weighted by molar-refractivity contribution is 0.114. The zero-order valence-corrected chi connectivity index (χ0v) is 16.2. The monoisotopic (exact) mass is 405 g/mol. The molecule has 3 rings (SSSR count). The van der Waals surface area contributed by atoms with Gasteiger partial charge in [0.2, 0.25) is 10.0 Å². The molecule has 1 aliphatic rings. The number of sulfonamides is 1. The van der Waals surface area contributed by atoms with Gasteiger partial charge in [0.15, 0.2) is 0 Å². The van der Waals surface area contributed by atoms with Crippen LogP contribution in [0.1, 0.15) is 24.0 Å². The number of nitrogens with zero attached hydrogens (tertiary/aromatic N) is 1. The smallest absolute Gasteiger partial charge is 0.240 e. The maximum absolute atomic E-state index is 12.4. The highest BCUT2D eigenvalue weighted by Crippen LogP contribution is 2.21. The number of nitriles is 1. The third-order valence-corrected chi connectivity index (χ3v) is 6.02. The summed E-state index contributed by atoms with van der Waals surface area (Å²) in [5.74, 6) is 0. The van der Waals surface area contributed by atoms with Crippen molar-refractivity contribution in [2.24, 2.45) is 0 Å². The third-order valence-electron chi connectivity index (χ3n) is 4.34. The van der Waals surface area contributed by atoms with Crippen LogP contribution in [0.4, 0.5) is 5.69 Å². The van der Waals surface area contributed by atoms with Gasteiger partial charge < -0.3 is 10.1 Å². The van der Waals surface area contributed by atoms with Crippen molar-refractivity contribution in [2.45, 2.75) is 30.4 Å². The summed E-state index contributed by atoms with van der Waals surface area (Å²) in [5.41, 5.74) is 2.03. The lowest BCUT2D eigenvalue weighted by atomic mass is 10.1. The summed E-state index contributed by atoms with van der Waals surface area (Å²) < 4.78 is 32.8. The first-order valence-corrected chi connectivity index (χ1v) is 10.5. The first-order chi connectivity index (χ1) is 13.0. The van der Waals surface area contributed by atoms with E-state index in [1.165, 1.54) is 0 Å². The Bertz CT molecular complexity index is 934. The van der Waals surface area contributed by atoms with Crippen molar-refractivity contribution in [1.29, 1.82) is 5.26 Å². The van der Waals surface area contributed by atoms with Gasteiger partial charge in [-0.2, -0.15) is 5.26 Å². The number of anilines is 1. The second kappa shape index (κ2) is 8.72. The summed E-state index contributed by atoms with van der Waals surface area (Å²) in [4.78, 5) is 0.216. The van der Waals surface area contributed by atoms with Crippen molar-refractivity contribution in [3.05, 3.63) is 58.6 Å². The predicted octanol–water partition coefficient (Wildman–Crippen LogP) is 3.28. The molecule has 2 aromatic carbocycles. The van der Waals surface area contributed by atoms with Crippen LogP contribution in [0.25, 0.3) is 0 Å². The van der Waals surface area contributed by atoms with Gasteiger partial charge in [0.25, 0.3) is 0 Å². The van der Waals surface area contributed by atoms with Gasteiger partial charge in [0, 0.05) is 24.7 Å². The van der Waals surface area contributed by atoms with Gasteiger partial charge in [-0.15, -0.1) is 0 Å². The molecule has 0 radical (unpaired) electrons. The standard InChI is InChI=1S/C19H20ClN3O3S/c20-16-5-8-19(15(10-16)11-21)22-12-14-3-6-18(7-4-14)27(24,25)23-13-17-2-1-9-26-17/h3-8,10,17,22-23H,1-2,9,12-13H2. The lowest BCUT2D eigenvalue weighted by Gasteiger charge is -2.12. The van der Waals surface area contributed by atoms with Gasteiger partial charge in [-0.25, -0.2) is 13.1 Å². The fourth-order valence-corrected chi connectivity index (χ4v) is 4.08. The zero-order chi connectivity index (χ0) is 19.3. The third kappa shape index (κ3) is 5.21. The molecule has 0 saturated carbocycles. The zero-order valence-electron chi connectivity index (χ0n) is 14.6. The molecule has 1 aliphatic heterocycles. The molecule has 1 unspecified atom stereocenters. The molecule has 0 aromatic heterocycles. The average molecular weight is 406 g/mol. The van der Waals surface area contributed by atoms with Gasteiger partial charge in [-0.3, -0.25) is 0 Å². The molecule has 0 amide bonds. The van der Waals surface area contributed by atoms with E-state index in [1.807, 2.05) is 0 Å². The van der Waals surface area contributed by atoms with E-state index in [1.54, 1.807) is 42.5 Å². The summed E-state index contributed by atoms with van der Waals surface area (Å²) in [6.45, 7) is 1.44. The summed E-state index contributed by atoms with van der Waals surface area (Å²) in [6.07, 6.45) is 1.80. The molecule has 2 N–H and O–H groups in total. The quantitative estimate of drug-likeness (QED) is 0.737. The Morgan fingerprint density at radius 2 is 2.00 bits per heavy atom. The first-order valence-electron chi connectivity index (χ1n) is 8.62. The number of hydrogen-bond donors (Lipinski definition) is 2. The van der Waals surface area contributed by atoms with Gasteiger partial charge in [0.05, 0.1) is 22.3 Å². The van der Waals surface area contributed by atoms with Crippen molar-refractivity contribution < 1.29 is 13.2 Å². The van der Waals surface area contributed by atoms with Crippen molar-refractivity contribution in [3.63, 3.8) is 0 Å². The van der Waals surface area contributed by atoms with E-state index in [9.17, 15) is 8.42 Å². The second-order valence-electron chi connectivity index (χ2n) is 6.29. The molecule has 1 fully saturated rings. The Kier molecular flexibility index (Phi) is 6.34. The van der Waals surface area contributed by atoms with Crippen molar-refractivity contribution in [1.82, 2.24) is 4.72 Å². The van der Waals surface area contributed by atoms with E-state index in [-0.39, 0.29) is 11.0 Å². The number of halogens is 1. The number of ether oxygens (including phenoxy) is 1. The molecule has 0 spiro atoms. The van der Waals surface area contributed by atoms with E-state index in [2.05, 4.69) is 16.1 Å². The molecule has 1 saturated heterocycles. The van der Waals surface area contributed by atoms with Crippen LogP contribution in [-0.2, 0) is 21.3 Å². The maximum Gasteiger partial charge on any atom is 0.240 e. The molecule has 0 bridgehead atoms. The topological polar surface area (TPSA) is 91.2 Å². The van der Waals surface area contributed by atoms with Crippen LogP contribution in [0, 0.1) is 11.3 Å². The van der Waals surface area contributed by atoms with E-state index < -0.39 is 10.0 Å². The molecule has 8 heteroatoms. The SMILES string of the molecule is N#Cc1cc(Cl)ccc1NCc1ccc(S(=O)(=O)NCC2CCCO2)cc1. The lowest BCUT2D eigenvalue weighted by Crippen LogP contribution is -2.31. The van der Waals surface area contributed by atoms with Crippen molar-refractivity contribution in [2.75, 3.05) is 18.5 Å². The van der Waals surface area contributed by atoms with Gasteiger partial charge in [-0.05, 0) is 48.7 Å². The largest absolute Gasteiger partial charge is 0.380 e. The minimum Gasteiger partial charge on any atom is -0.380 e. The van der Waals surface area contributed by atoms with Crippen LogP contribution in [0.5, 0.6) is 0 Å². The average Bonchev–Trinajstić information content (AvgIpc) is 3.19. The number of nitrogens with one attached hydrogen (secondary N) is 2. The van der Waals surface area contributed by atoms with Gasteiger partial charge in [-0.1, -0.05) is 23.7 Å². The Balaban J connectivity index is 1.60. The van der Waals surface area contributed by atoms with Gasteiger partial charge in [0.1, 0.15) is 6.07 Å². The summed E-state index contributed by atoms with van der Waals surface area (Å²) in [7, 11) is -3.56. The van der Waals surface area contributed by atoms with Crippen LogP contribution in [0.3, 0.4) is 0 Å². The molecular weight excluding hydrogens is 386 g/mol. The normalized spacial score (nSPS) is 16.8. The molecule has 1 heterocycles. The second-order valence-corrected chi connectivity index (χ2v) is 8.49. The van der Waals surface area contributed by atoms with E-state index in [4.69, 9.17) is 21.6 Å². The minimum atomic E-state index is -3.56. The fourth-order valence-electron chi connectivity index (χ4n) is 2.84. The van der Waals surface area contributed by atoms with Crippen molar-refractivity contribution >= 4 is 27.3 Å². The summed E-state index contributed by atoms with van der Waals surface area (Å²) >= 11 is 5.89. The number of hydrogen-bond acceptors (Lipinski definition) is 5. The van der Waals surface area contributed by atoms with E-state index in [0.29, 0.717) is 36.0 Å². The fraction of sp³-hybridized carbons (Fsp3) is 0.316.